The van der Waals surface area contributed by atoms with Crippen LogP contribution in [0.3, 0.4) is 0 Å². The lowest BCUT2D eigenvalue weighted by Crippen LogP contribution is -2.31. The molecule has 1 heterocycles. The first kappa shape index (κ1) is 38.5. The fourth-order valence-corrected chi connectivity index (χ4v) is 6.19. The van der Waals surface area contributed by atoms with Gasteiger partial charge in [-0.25, -0.2) is 17.5 Å². The Morgan fingerprint density at radius 3 is 2.28 bits per heavy atom. The second-order valence-electron chi connectivity index (χ2n) is 11.5. The highest BCUT2D eigenvalue weighted by molar-refractivity contribution is 7.90. The van der Waals surface area contributed by atoms with Crippen molar-refractivity contribution in [2.45, 2.75) is 24.0 Å². The predicted octanol–water partition coefficient (Wildman–Crippen LogP) is 6.45. The third kappa shape index (κ3) is 9.39. The van der Waals surface area contributed by atoms with Crippen LogP contribution in [0.2, 0.25) is 5.02 Å². The molecule has 0 aliphatic heterocycles. The summed E-state index contributed by atoms with van der Waals surface area (Å²) in [4.78, 5) is 39.2. The van der Waals surface area contributed by atoms with Crippen molar-refractivity contribution in [2.24, 2.45) is 0 Å². The monoisotopic (exact) mass is 771 g/mol. The number of methoxy groups -OCH3 is 1. The van der Waals surface area contributed by atoms with Gasteiger partial charge in [-0.2, -0.15) is 18.3 Å². The van der Waals surface area contributed by atoms with Crippen LogP contribution in [0.4, 0.5) is 23.2 Å². The number of halogens is 5. The van der Waals surface area contributed by atoms with E-state index in [1.807, 2.05) is 0 Å². The van der Waals surface area contributed by atoms with E-state index in [0.717, 1.165) is 24.0 Å². The highest BCUT2D eigenvalue weighted by Crippen LogP contribution is 2.33. The van der Waals surface area contributed by atoms with Crippen molar-refractivity contribution < 1.29 is 45.1 Å². The molecule has 3 amide bonds. The van der Waals surface area contributed by atoms with Crippen LogP contribution in [0, 0.1) is 5.82 Å². The fourth-order valence-electron chi connectivity index (χ4n) is 5.15. The number of nitrogens with one attached hydrogen (secondary N) is 3. The predicted molar refractivity (Wildman–Crippen MR) is 188 cm³/mol. The lowest BCUT2D eigenvalue weighted by molar-refractivity contribution is -0.141. The summed E-state index contributed by atoms with van der Waals surface area (Å²) in [6, 6.07) is 20.4. The molecular weight excluding hydrogens is 742 g/mol. The van der Waals surface area contributed by atoms with Gasteiger partial charge in [-0.15, -0.1) is 0 Å². The maximum absolute atomic E-state index is 15.4. The minimum Gasteiger partial charge on any atom is -0.497 e. The summed E-state index contributed by atoms with van der Waals surface area (Å²) in [5.41, 5.74) is -1.97. The number of aromatic nitrogens is 2. The molecule has 0 atom stereocenters. The van der Waals surface area contributed by atoms with Gasteiger partial charge in [-0.3, -0.25) is 14.4 Å². The maximum atomic E-state index is 15.4. The third-order valence-electron chi connectivity index (χ3n) is 7.76. The van der Waals surface area contributed by atoms with E-state index in [4.69, 9.17) is 16.3 Å². The average molecular weight is 772 g/mol. The molecule has 0 bridgehead atoms. The lowest BCUT2D eigenvalue weighted by Gasteiger charge is -2.15. The zero-order chi connectivity index (χ0) is 38.5. The molecule has 0 spiro atoms. The summed E-state index contributed by atoms with van der Waals surface area (Å²) < 4.78 is 87.5. The topological polar surface area (TPSA) is 148 Å². The van der Waals surface area contributed by atoms with Crippen molar-refractivity contribution in [1.29, 1.82) is 0 Å². The van der Waals surface area contributed by atoms with Crippen LogP contribution in [-0.4, -0.2) is 55.8 Å². The summed E-state index contributed by atoms with van der Waals surface area (Å²) in [5, 5.41) is 11.6. The first-order valence-electron chi connectivity index (χ1n) is 15.6. The Morgan fingerprint density at radius 2 is 1.62 bits per heavy atom. The number of benzene rings is 4. The molecule has 3 N–H and O–H groups in total. The number of nitrogens with zero attached hydrogens (tertiary/aromatic N) is 2. The Labute approximate surface area is 305 Å². The van der Waals surface area contributed by atoms with Gasteiger partial charge >= 0.3 is 6.18 Å². The van der Waals surface area contributed by atoms with Gasteiger partial charge in [-0.1, -0.05) is 48.0 Å². The largest absolute Gasteiger partial charge is 0.497 e. The van der Waals surface area contributed by atoms with Crippen LogP contribution in [0.25, 0.3) is 16.8 Å². The number of amides is 3. The van der Waals surface area contributed by atoms with Crippen LogP contribution in [-0.2, 0) is 27.4 Å². The zero-order valence-corrected chi connectivity index (χ0v) is 29.5. The molecule has 0 saturated carbocycles. The van der Waals surface area contributed by atoms with Gasteiger partial charge in [0.1, 0.15) is 17.3 Å². The van der Waals surface area contributed by atoms with Crippen LogP contribution < -0.4 is 20.7 Å². The molecule has 0 aliphatic carbocycles. The molecule has 0 fully saturated rings. The van der Waals surface area contributed by atoms with Gasteiger partial charge in [0.05, 0.1) is 28.9 Å². The molecule has 17 heteroatoms. The molecule has 5 aromatic rings. The highest BCUT2D eigenvalue weighted by Gasteiger charge is 2.37. The average Bonchev–Trinajstić information content (AvgIpc) is 3.58. The van der Waals surface area contributed by atoms with Crippen LogP contribution >= 0.6 is 11.6 Å². The highest BCUT2D eigenvalue weighted by atomic mass is 35.5. The summed E-state index contributed by atoms with van der Waals surface area (Å²) in [6.07, 6.45) is -4.16. The van der Waals surface area contributed by atoms with Gasteiger partial charge < -0.3 is 20.7 Å². The minimum atomic E-state index is -5.02. The van der Waals surface area contributed by atoms with Crippen molar-refractivity contribution in [2.75, 3.05) is 25.2 Å². The minimum absolute atomic E-state index is 0.0588. The molecule has 276 valence electrons. The van der Waals surface area contributed by atoms with Crippen molar-refractivity contribution >= 4 is 44.8 Å². The number of hydrogen-bond donors (Lipinski definition) is 3. The molecule has 1 aromatic heterocycles. The summed E-state index contributed by atoms with van der Waals surface area (Å²) in [7, 11) is -2.39. The standard InChI is InChI=1S/C36H30ClF4N5O6S/c1-52-24-12-14-29(26(18-24)34(48)42-16-15-33(47)43-20-21-7-10-23(37)11-8-21)46-30(19-32(45-46)36(39,40)41)35(49)44-28-13-9-22(17-27(28)38)25-5-3-4-6-31(25)53(2,50)51/h3-14,17-19H,15-16,20H2,1-2H3,(H,42,48)(H,43,47)(H,44,49). The van der Waals surface area contributed by atoms with E-state index in [9.17, 15) is 36.0 Å². The fraction of sp³-hybridized carbons (Fsp3) is 0.167. The summed E-state index contributed by atoms with van der Waals surface area (Å²) in [6.45, 7) is 0.0486. The Kier molecular flexibility index (Phi) is 11.5. The molecule has 5 rings (SSSR count). The van der Waals surface area contributed by atoms with Gasteiger partial charge in [0.2, 0.25) is 5.91 Å². The van der Waals surface area contributed by atoms with Crippen LogP contribution in [0.5, 0.6) is 5.75 Å². The Balaban J connectivity index is 1.40. The van der Waals surface area contributed by atoms with Crippen molar-refractivity contribution in [3.63, 3.8) is 0 Å². The van der Waals surface area contributed by atoms with E-state index >= 15 is 4.39 Å². The van der Waals surface area contributed by atoms with Gasteiger partial charge in [0, 0.05) is 42.4 Å². The normalized spacial score (nSPS) is 11.5. The van der Waals surface area contributed by atoms with Crippen molar-refractivity contribution in [1.82, 2.24) is 20.4 Å². The molecule has 0 aliphatic rings. The van der Waals surface area contributed by atoms with Crippen LogP contribution in [0.15, 0.2) is 95.9 Å². The number of rotatable bonds is 12. The molecule has 4 aromatic carbocycles. The van der Waals surface area contributed by atoms with E-state index in [1.165, 1.54) is 49.6 Å². The van der Waals surface area contributed by atoms with E-state index in [0.29, 0.717) is 15.8 Å². The van der Waals surface area contributed by atoms with Crippen molar-refractivity contribution in [3.8, 4) is 22.6 Å². The van der Waals surface area contributed by atoms with E-state index in [2.05, 4.69) is 21.0 Å². The molecule has 11 nitrogen and oxygen atoms in total. The Bertz CT molecular complexity index is 2300. The second kappa shape index (κ2) is 15.9. The van der Waals surface area contributed by atoms with E-state index < -0.39 is 56.6 Å². The Morgan fingerprint density at radius 1 is 0.906 bits per heavy atom. The van der Waals surface area contributed by atoms with Gasteiger partial charge in [0.15, 0.2) is 15.5 Å². The number of carbonyl (C=O) groups is 3. The third-order valence-corrected chi connectivity index (χ3v) is 9.17. The van der Waals surface area contributed by atoms with Gasteiger partial charge in [0.25, 0.3) is 11.8 Å². The SMILES string of the molecule is COc1ccc(-n2nc(C(F)(F)F)cc2C(=O)Nc2ccc(-c3ccccc3S(C)(=O)=O)cc2F)c(C(=O)NCCC(=O)NCc2ccc(Cl)cc2)c1. The van der Waals surface area contributed by atoms with Crippen LogP contribution in [0.1, 0.15) is 38.5 Å². The number of carbonyl (C=O) groups excluding carboxylic acids is 3. The number of sulfone groups is 1. The number of alkyl halides is 3. The molecule has 53 heavy (non-hydrogen) atoms. The summed E-state index contributed by atoms with van der Waals surface area (Å²) >= 11 is 5.87. The summed E-state index contributed by atoms with van der Waals surface area (Å²) in [5.74, 6) is -3.30. The molecule has 0 radical (unpaired) electrons. The quantitative estimate of drug-likeness (QED) is 0.124. The number of ether oxygens (including phenoxy) is 1. The zero-order valence-electron chi connectivity index (χ0n) is 27.9. The Hall–Kier alpha value is -5.74. The molecule has 0 unspecified atom stereocenters. The lowest BCUT2D eigenvalue weighted by atomic mass is 10.0. The van der Waals surface area contributed by atoms with Crippen molar-refractivity contribution in [3.05, 3.63) is 124 Å². The van der Waals surface area contributed by atoms with E-state index in [1.54, 1.807) is 30.3 Å². The molecular formula is C36H30ClF4N5O6S. The number of anilines is 1. The van der Waals surface area contributed by atoms with Gasteiger partial charge in [-0.05, 0) is 59.7 Å². The number of hydrogen-bond acceptors (Lipinski definition) is 7. The second-order valence-corrected chi connectivity index (χ2v) is 14.0. The van der Waals surface area contributed by atoms with E-state index in [-0.39, 0.29) is 52.5 Å². The first-order valence-corrected chi connectivity index (χ1v) is 17.9. The smallest absolute Gasteiger partial charge is 0.435 e. The maximum Gasteiger partial charge on any atom is 0.435 e. The first-order chi connectivity index (χ1) is 25.0. The molecule has 0 saturated heterocycles.